The molecule has 0 bridgehead atoms. The smallest absolute Gasteiger partial charge is 0.371 e. The molecule has 8 nitrogen and oxygen atoms in total. The summed E-state index contributed by atoms with van der Waals surface area (Å²) in [7, 11) is 3.18. The van der Waals surface area contributed by atoms with Crippen molar-refractivity contribution in [3.8, 4) is 0 Å². The average Bonchev–Trinajstić information content (AvgIpc) is 2.84. The second-order valence-corrected chi connectivity index (χ2v) is 4.35. The number of carbonyl (C=O) groups excluding carboxylic acids is 2. The Kier molecular flexibility index (Phi) is 5.13. The number of carboxylic acid groups (broad SMARTS) is 1. The topological polar surface area (TPSA) is 112 Å². The summed E-state index contributed by atoms with van der Waals surface area (Å²) in [6.45, 7) is 1.60. The summed E-state index contributed by atoms with van der Waals surface area (Å²) in [6.07, 6.45) is 0. The molecule has 1 atom stereocenters. The van der Waals surface area contributed by atoms with Gasteiger partial charge in [-0.1, -0.05) is 0 Å². The number of likely N-dealkylation sites (N-methyl/N-ethyl adjacent to an activating group) is 1. The van der Waals surface area contributed by atoms with E-state index in [1.54, 1.807) is 21.0 Å². The maximum absolute atomic E-state index is 11.5. The zero-order valence-electron chi connectivity index (χ0n) is 11.5. The largest absolute Gasteiger partial charge is 0.475 e. The highest BCUT2D eigenvalue weighted by Crippen LogP contribution is 2.07. The van der Waals surface area contributed by atoms with E-state index in [2.05, 4.69) is 10.6 Å². The summed E-state index contributed by atoms with van der Waals surface area (Å²) in [5.41, 5.74) is 0. The van der Waals surface area contributed by atoms with E-state index in [9.17, 15) is 14.4 Å². The van der Waals surface area contributed by atoms with Gasteiger partial charge in [-0.3, -0.25) is 4.79 Å². The Balaban J connectivity index is 2.43. The molecule has 0 radical (unpaired) electrons. The van der Waals surface area contributed by atoms with Crippen LogP contribution in [0.4, 0.5) is 4.79 Å². The number of hydrogen-bond donors (Lipinski definition) is 3. The number of hydrogen-bond acceptors (Lipinski definition) is 4. The minimum absolute atomic E-state index is 0.0298. The molecule has 110 valence electrons. The van der Waals surface area contributed by atoms with Gasteiger partial charge in [0.15, 0.2) is 0 Å². The van der Waals surface area contributed by atoms with E-state index in [0.717, 1.165) is 0 Å². The summed E-state index contributed by atoms with van der Waals surface area (Å²) in [5, 5.41) is 13.6. The summed E-state index contributed by atoms with van der Waals surface area (Å²) in [4.78, 5) is 35.0. The van der Waals surface area contributed by atoms with Gasteiger partial charge in [0.2, 0.25) is 11.7 Å². The molecule has 8 heteroatoms. The highest BCUT2D eigenvalue weighted by molar-refractivity contribution is 5.86. The summed E-state index contributed by atoms with van der Waals surface area (Å²) >= 11 is 0. The molecular formula is C12H17N3O5. The third-order valence-corrected chi connectivity index (χ3v) is 2.45. The fourth-order valence-corrected chi connectivity index (χ4v) is 1.45. The van der Waals surface area contributed by atoms with Gasteiger partial charge in [-0.05, 0) is 19.1 Å². The lowest BCUT2D eigenvalue weighted by Gasteiger charge is -2.18. The van der Waals surface area contributed by atoms with Crippen LogP contribution >= 0.6 is 0 Å². The number of furan rings is 1. The standard InChI is InChI=1S/C12H17N3O5/c1-7(10(16)15(2)3)14-12(19)13-6-8-4-5-9(20-8)11(17)18/h4-5,7H,6H2,1-3H3,(H,17,18)(H2,13,14,19). The predicted octanol–water partition coefficient (Wildman–Crippen LogP) is 0.254. The van der Waals surface area contributed by atoms with Gasteiger partial charge in [-0.2, -0.15) is 0 Å². The number of urea groups is 1. The van der Waals surface area contributed by atoms with Crippen molar-refractivity contribution < 1.29 is 23.9 Å². The van der Waals surface area contributed by atoms with Gasteiger partial charge in [-0.25, -0.2) is 9.59 Å². The number of carboxylic acids is 1. The molecule has 0 aliphatic heterocycles. The minimum Gasteiger partial charge on any atom is -0.475 e. The Hall–Kier alpha value is -2.51. The zero-order chi connectivity index (χ0) is 15.3. The van der Waals surface area contributed by atoms with E-state index in [1.807, 2.05) is 0 Å². The minimum atomic E-state index is -1.18. The molecule has 3 amide bonds. The second-order valence-electron chi connectivity index (χ2n) is 4.35. The molecule has 1 aromatic rings. The third kappa shape index (κ3) is 4.30. The Morgan fingerprint density at radius 2 is 2.00 bits per heavy atom. The van der Waals surface area contributed by atoms with Gasteiger partial charge in [-0.15, -0.1) is 0 Å². The molecule has 20 heavy (non-hydrogen) atoms. The number of rotatable bonds is 5. The molecule has 0 saturated heterocycles. The molecule has 1 rings (SSSR count). The first-order valence-electron chi connectivity index (χ1n) is 5.88. The molecule has 0 fully saturated rings. The second kappa shape index (κ2) is 6.60. The maximum Gasteiger partial charge on any atom is 0.371 e. The van der Waals surface area contributed by atoms with Crippen molar-refractivity contribution in [1.29, 1.82) is 0 Å². The van der Waals surface area contributed by atoms with Crippen LogP contribution in [-0.4, -0.2) is 48.1 Å². The first kappa shape index (κ1) is 15.5. The Bertz CT molecular complexity index is 509. The first-order valence-corrected chi connectivity index (χ1v) is 5.88. The summed E-state index contributed by atoms with van der Waals surface area (Å²) in [5.74, 6) is -1.29. The molecular weight excluding hydrogens is 266 g/mol. The number of nitrogens with one attached hydrogen (secondary N) is 2. The Labute approximate surface area is 115 Å². The van der Waals surface area contributed by atoms with Crippen molar-refractivity contribution in [3.05, 3.63) is 23.7 Å². The van der Waals surface area contributed by atoms with Crippen LogP contribution in [0, 0.1) is 0 Å². The van der Waals surface area contributed by atoms with E-state index >= 15 is 0 Å². The van der Waals surface area contributed by atoms with E-state index in [-0.39, 0.29) is 18.2 Å². The first-order chi connectivity index (χ1) is 9.31. The molecule has 0 aliphatic carbocycles. The van der Waals surface area contributed by atoms with Crippen LogP contribution in [-0.2, 0) is 11.3 Å². The molecule has 3 N–H and O–H groups in total. The summed E-state index contributed by atoms with van der Waals surface area (Å²) < 4.78 is 4.97. The van der Waals surface area contributed by atoms with Crippen molar-refractivity contribution in [2.75, 3.05) is 14.1 Å². The molecule has 0 aromatic carbocycles. The molecule has 1 unspecified atom stereocenters. The molecule has 0 aliphatic rings. The van der Waals surface area contributed by atoms with Crippen LogP contribution in [0.3, 0.4) is 0 Å². The van der Waals surface area contributed by atoms with E-state index < -0.39 is 18.0 Å². The van der Waals surface area contributed by atoms with Gasteiger partial charge in [0, 0.05) is 14.1 Å². The van der Waals surface area contributed by atoms with Crippen LogP contribution in [0.5, 0.6) is 0 Å². The van der Waals surface area contributed by atoms with Crippen LogP contribution in [0.15, 0.2) is 16.5 Å². The zero-order valence-corrected chi connectivity index (χ0v) is 11.5. The summed E-state index contributed by atoms with van der Waals surface area (Å²) in [6, 6.07) is 1.56. The molecule has 0 spiro atoms. The van der Waals surface area contributed by atoms with Gasteiger partial charge in [0.25, 0.3) is 0 Å². The van der Waals surface area contributed by atoms with Gasteiger partial charge in [0.1, 0.15) is 11.8 Å². The fourth-order valence-electron chi connectivity index (χ4n) is 1.45. The SMILES string of the molecule is CC(NC(=O)NCc1ccc(C(=O)O)o1)C(=O)N(C)C. The quantitative estimate of drug-likeness (QED) is 0.717. The molecule has 0 saturated carbocycles. The maximum atomic E-state index is 11.5. The van der Waals surface area contributed by atoms with Crippen molar-refractivity contribution in [3.63, 3.8) is 0 Å². The lowest BCUT2D eigenvalue weighted by Crippen LogP contribution is -2.47. The number of carbonyl (C=O) groups is 3. The van der Waals surface area contributed by atoms with Gasteiger partial charge >= 0.3 is 12.0 Å². The van der Waals surface area contributed by atoms with Crippen LogP contribution in [0.2, 0.25) is 0 Å². The third-order valence-electron chi connectivity index (χ3n) is 2.45. The van der Waals surface area contributed by atoms with Crippen LogP contribution in [0.1, 0.15) is 23.2 Å². The molecule has 1 heterocycles. The van der Waals surface area contributed by atoms with Crippen molar-refractivity contribution in [2.24, 2.45) is 0 Å². The Morgan fingerprint density at radius 1 is 1.35 bits per heavy atom. The normalized spacial score (nSPS) is 11.6. The van der Waals surface area contributed by atoms with Gasteiger partial charge in [0.05, 0.1) is 6.54 Å². The van der Waals surface area contributed by atoms with E-state index in [0.29, 0.717) is 5.76 Å². The van der Waals surface area contributed by atoms with Gasteiger partial charge < -0.3 is 25.1 Å². The van der Waals surface area contributed by atoms with Crippen LogP contribution in [0.25, 0.3) is 0 Å². The van der Waals surface area contributed by atoms with Crippen molar-refractivity contribution in [2.45, 2.75) is 19.5 Å². The van der Waals surface area contributed by atoms with E-state index in [1.165, 1.54) is 17.0 Å². The lowest BCUT2D eigenvalue weighted by atomic mass is 10.3. The average molecular weight is 283 g/mol. The Morgan fingerprint density at radius 3 is 2.50 bits per heavy atom. The fraction of sp³-hybridized carbons (Fsp3) is 0.417. The molecule has 1 aromatic heterocycles. The lowest BCUT2D eigenvalue weighted by molar-refractivity contribution is -0.130. The number of amides is 3. The number of nitrogens with zero attached hydrogens (tertiary/aromatic N) is 1. The van der Waals surface area contributed by atoms with Crippen LogP contribution < -0.4 is 10.6 Å². The van der Waals surface area contributed by atoms with E-state index in [4.69, 9.17) is 9.52 Å². The highest BCUT2D eigenvalue weighted by Gasteiger charge is 2.17. The monoisotopic (exact) mass is 283 g/mol. The predicted molar refractivity (Wildman–Crippen MR) is 69.2 cm³/mol. The van der Waals surface area contributed by atoms with Crippen molar-refractivity contribution >= 4 is 17.9 Å². The van der Waals surface area contributed by atoms with Crippen molar-refractivity contribution in [1.82, 2.24) is 15.5 Å². The number of aromatic carboxylic acids is 1. The highest BCUT2D eigenvalue weighted by atomic mass is 16.4.